The van der Waals surface area contributed by atoms with E-state index in [4.69, 9.17) is 5.73 Å². The van der Waals surface area contributed by atoms with Crippen LogP contribution >= 0.6 is 11.3 Å². The zero-order valence-electron chi connectivity index (χ0n) is 14.8. The fourth-order valence-corrected chi connectivity index (χ4v) is 3.40. The van der Waals surface area contributed by atoms with Crippen LogP contribution in [-0.4, -0.2) is 36.4 Å². The zero-order chi connectivity index (χ0) is 19.7. The molecule has 0 aliphatic heterocycles. The molecule has 0 aliphatic rings. The minimum Gasteiger partial charge on any atom is -0.364 e. The molecule has 3 heterocycles. The number of primary amides is 1. The smallest absolute Gasteiger partial charge is 0.271 e. The van der Waals surface area contributed by atoms with Crippen molar-refractivity contribution in [3.05, 3.63) is 64.1 Å². The number of carbonyl (C=O) groups is 2. The predicted molar refractivity (Wildman–Crippen MR) is 103 cm³/mol. The maximum atomic E-state index is 12.7. The van der Waals surface area contributed by atoms with Crippen molar-refractivity contribution in [2.75, 3.05) is 0 Å². The van der Waals surface area contributed by atoms with Crippen molar-refractivity contribution in [2.45, 2.75) is 13.5 Å². The molecule has 0 unspecified atom stereocenters. The Morgan fingerprint density at radius 3 is 2.68 bits per heavy atom. The molecule has 3 N–H and O–H groups in total. The standard InChI is InChI=1S/C18H15N7O2S/c1-10-23-24-14(28-10)8-20-18(27)12-7-13(11-5-3-2-4-6-11)25-9-21-15(16(19)26)17(25)22-12/h2-7,9H,8H2,1H3,(H2,19,26)(H,20,27). The van der Waals surface area contributed by atoms with Crippen LogP contribution in [0.4, 0.5) is 0 Å². The molecule has 0 saturated heterocycles. The summed E-state index contributed by atoms with van der Waals surface area (Å²) in [5, 5.41) is 12.2. The van der Waals surface area contributed by atoms with Crippen LogP contribution < -0.4 is 11.1 Å². The van der Waals surface area contributed by atoms with Gasteiger partial charge in [-0.2, -0.15) is 0 Å². The van der Waals surface area contributed by atoms with Crippen molar-refractivity contribution in [3.63, 3.8) is 0 Å². The summed E-state index contributed by atoms with van der Waals surface area (Å²) in [6, 6.07) is 11.1. The van der Waals surface area contributed by atoms with Crippen molar-refractivity contribution in [2.24, 2.45) is 5.73 Å². The lowest BCUT2D eigenvalue weighted by atomic mass is 10.1. The predicted octanol–water partition coefficient (Wildman–Crippen LogP) is 1.59. The van der Waals surface area contributed by atoms with E-state index in [1.807, 2.05) is 37.3 Å². The highest BCUT2D eigenvalue weighted by molar-refractivity contribution is 7.11. The molecule has 0 aliphatic carbocycles. The molecule has 1 aromatic carbocycles. The molecule has 0 bridgehead atoms. The number of hydrogen-bond acceptors (Lipinski definition) is 7. The van der Waals surface area contributed by atoms with E-state index in [-0.39, 0.29) is 23.6 Å². The van der Waals surface area contributed by atoms with Gasteiger partial charge < -0.3 is 11.1 Å². The first-order chi connectivity index (χ1) is 13.5. The van der Waals surface area contributed by atoms with E-state index >= 15 is 0 Å². The number of benzene rings is 1. The highest BCUT2D eigenvalue weighted by atomic mass is 32.1. The molecular formula is C18H15N7O2S. The second kappa shape index (κ2) is 7.16. The Bertz CT molecular complexity index is 1180. The van der Waals surface area contributed by atoms with E-state index in [0.717, 1.165) is 10.6 Å². The Kier molecular flexibility index (Phi) is 4.53. The van der Waals surface area contributed by atoms with Gasteiger partial charge in [0.2, 0.25) is 0 Å². The van der Waals surface area contributed by atoms with Crippen molar-refractivity contribution >= 4 is 28.8 Å². The Balaban J connectivity index is 1.76. The second-order valence-electron chi connectivity index (χ2n) is 5.94. The molecule has 140 valence electrons. The number of amides is 2. The van der Waals surface area contributed by atoms with Gasteiger partial charge in [-0.1, -0.05) is 41.7 Å². The van der Waals surface area contributed by atoms with Crippen LogP contribution in [0, 0.1) is 6.92 Å². The monoisotopic (exact) mass is 393 g/mol. The molecule has 4 aromatic rings. The zero-order valence-corrected chi connectivity index (χ0v) is 15.6. The quantitative estimate of drug-likeness (QED) is 0.530. The van der Waals surface area contributed by atoms with Gasteiger partial charge in [0.05, 0.1) is 12.2 Å². The summed E-state index contributed by atoms with van der Waals surface area (Å²) in [6.07, 6.45) is 1.47. The third-order valence-corrected chi connectivity index (χ3v) is 4.84. The van der Waals surface area contributed by atoms with Crippen LogP contribution in [-0.2, 0) is 6.54 Å². The third-order valence-electron chi connectivity index (χ3n) is 4.01. The molecule has 10 heteroatoms. The summed E-state index contributed by atoms with van der Waals surface area (Å²) in [6.45, 7) is 2.08. The summed E-state index contributed by atoms with van der Waals surface area (Å²) in [7, 11) is 0. The number of aromatic nitrogens is 5. The van der Waals surface area contributed by atoms with E-state index < -0.39 is 11.8 Å². The maximum Gasteiger partial charge on any atom is 0.271 e. The molecule has 0 saturated carbocycles. The molecule has 4 rings (SSSR count). The minimum absolute atomic E-state index is 0.00609. The van der Waals surface area contributed by atoms with Crippen LogP contribution in [0.25, 0.3) is 16.9 Å². The van der Waals surface area contributed by atoms with Crippen LogP contribution in [0.3, 0.4) is 0 Å². The number of rotatable bonds is 5. The number of imidazole rings is 1. The van der Waals surface area contributed by atoms with E-state index in [9.17, 15) is 9.59 Å². The van der Waals surface area contributed by atoms with Gasteiger partial charge in [-0.05, 0) is 18.6 Å². The van der Waals surface area contributed by atoms with Gasteiger partial charge >= 0.3 is 0 Å². The number of nitrogens with one attached hydrogen (secondary N) is 1. The fourth-order valence-electron chi connectivity index (χ4n) is 2.75. The first-order valence-electron chi connectivity index (χ1n) is 8.33. The number of nitrogens with two attached hydrogens (primary N) is 1. The van der Waals surface area contributed by atoms with Gasteiger partial charge in [-0.25, -0.2) is 9.97 Å². The van der Waals surface area contributed by atoms with Crippen LogP contribution in [0.1, 0.15) is 31.0 Å². The molecule has 0 radical (unpaired) electrons. The highest BCUT2D eigenvalue weighted by Gasteiger charge is 2.19. The molecular weight excluding hydrogens is 378 g/mol. The second-order valence-corrected chi connectivity index (χ2v) is 7.21. The number of hydrogen-bond donors (Lipinski definition) is 2. The van der Waals surface area contributed by atoms with E-state index in [1.165, 1.54) is 17.7 Å². The fraction of sp³-hybridized carbons (Fsp3) is 0.111. The normalized spacial score (nSPS) is 10.9. The summed E-state index contributed by atoms with van der Waals surface area (Å²) in [5.41, 5.74) is 7.30. The topological polar surface area (TPSA) is 128 Å². The average Bonchev–Trinajstić information content (AvgIpc) is 3.32. The van der Waals surface area contributed by atoms with Crippen LogP contribution in [0.5, 0.6) is 0 Å². The minimum atomic E-state index is -0.712. The molecule has 0 spiro atoms. The van der Waals surface area contributed by atoms with Crippen molar-refractivity contribution in [3.8, 4) is 11.3 Å². The van der Waals surface area contributed by atoms with E-state index in [1.54, 1.807) is 10.5 Å². The largest absolute Gasteiger partial charge is 0.364 e. The number of fused-ring (bicyclic) bond motifs is 1. The third kappa shape index (κ3) is 3.32. The van der Waals surface area contributed by atoms with Crippen molar-refractivity contribution in [1.29, 1.82) is 0 Å². The summed E-state index contributed by atoms with van der Waals surface area (Å²) < 4.78 is 1.64. The number of carbonyl (C=O) groups excluding carboxylic acids is 2. The van der Waals surface area contributed by atoms with Gasteiger partial charge in [0, 0.05) is 0 Å². The molecule has 0 atom stereocenters. The lowest BCUT2D eigenvalue weighted by molar-refractivity contribution is 0.0944. The van der Waals surface area contributed by atoms with Gasteiger partial charge in [0.25, 0.3) is 11.8 Å². The maximum absolute atomic E-state index is 12.7. The van der Waals surface area contributed by atoms with Gasteiger partial charge in [-0.3, -0.25) is 14.0 Å². The Labute approximate surface area is 163 Å². The average molecular weight is 393 g/mol. The lowest BCUT2D eigenvalue weighted by Gasteiger charge is -2.09. The number of aryl methyl sites for hydroxylation is 1. The first-order valence-corrected chi connectivity index (χ1v) is 9.15. The molecule has 2 amide bonds. The summed E-state index contributed by atoms with van der Waals surface area (Å²) in [4.78, 5) is 32.8. The van der Waals surface area contributed by atoms with E-state index in [0.29, 0.717) is 10.7 Å². The molecule has 3 aromatic heterocycles. The first kappa shape index (κ1) is 17.7. The van der Waals surface area contributed by atoms with Crippen molar-refractivity contribution < 1.29 is 9.59 Å². The van der Waals surface area contributed by atoms with Gasteiger partial charge in [-0.15, -0.1) is 10.2 Å². The van der Waals surface area contributed by atoms with Crippen molar-refractivity contribution in [1.82, 2.24) is 29.9 Å². The van der Waals surface area contributed by atoms with Gasteiger partial charge in [0.15, 0.2) is 11.3 Å². The van der Waals surface area contributed by atoms with Gasteiger partial charge in [0.1, 0.15) is 22.0 Å². The number of nitrogens with zero attached hydrogens (tertiary/aromatic N) is 5. The molecule has 28 heavy (non-hydrogen) atoms. The van der Waals surface area contributed by atoms with E-state index in [2.05, 4.69) is 25.5 Å². The Hall–Kier alpha value is -3.66. The lowest BCUT2D eigenvalue weighted by Crippen LogP contribution is -2.24. The van der Waals surface area contributed by atoms with Crippen LogP contribution in [0.2, 0.25) is 0 Å². The molecule has 9 nitrogen and oxygen atoms in total. The summed E-state index contributed by atoms with van der Waals surface area (Å²) >= 11 is 1.40. The summed E-state index contributed by atoms with van der Waals surface area (Å²) in [5.74, 6) is -1.11. The Morgan fingerprint density at radius 1 is 1.21 bits per heavy atom. The highest BCUT2D eigenvalue weighted by Crippen LogP contribution is 2.22. The molecule has 0 fully saturated rings. The Morgan fingerprint density at radius 2 is 2.00 bits per heavy atom. The SMILES string of the molecule is Cc1nnc(CNC(=O)c2cc(-c3ccccc3)n3cnc(C(N)=O)c3n2)s1. The van der Waals surface area contributed by atoms with Crippen LogP contribution in [0.15, 0.2) is 42.7 Å².